The Kier molecular flexibility index (Phi) is 6.48. The van der Waals surface area contributed by atoms with Crippen molar-refractivity contribution >= 4 is 0 Å². The fourth-order valence-electron chi connectivity index (χ4n) is 1.99. The lowest BCUT2D eigenvalue weighted by Crippen LogP contribution is -2.19. The van der Waals surface area contributed by atoms with Gasteiger partial charge in [-0.3, -0.25) is 0 Å². The molecule has 0 amide bonds. The van der Waals surface area contributed by atoms with Crippen molar-refractivity contribution in [1.29, 1.82) is 0 Å². The molecule has 0 aliphatic heterocycles. The number of rotatable bonds is 7. The van der Waals surface area contributed by atoms with Crippen molar-refractivity contribution in [3.05, 3.63) is 29.3 Å². The third-order valence-corrected chi connectivity index (χ3v) is 2.91. The van der Waals surface area contributed by atoms with Gasteiger partial charge < -0.3 is 15.4 Å². The molecule has 0 spiro atoms. The first kappa shape index (κ1) is 17.8. The molecule has 0 bridgehead atoms. The number of benzene rings is 1. The third-order valence-electron chi connectivity index (χ3n) is 2.91. The number of ether oxygens (including phenoxy) is 1. The van der Waals surface area contributed by atoms with Gasteiger partial charge in [-0.05, 0) is 51.6 Å². The Morgan fingerprint density at radius 2 is 1.95 bits per heavy atom. The molecule has 1 unspecified atom stereocenters. The molecule has 0 aliphatic carbocycles. The Balaban J connectivity index is 2.82. The Morgan fingerprint density at radius 3 is 2.48 bits per heavy atom. The van der Waals surface area contributed by atoms with Crippen LogP contribution in [0.4, 0.5) is 13.2 Å². The number of alkyl halides is 3. The monoisotopic (exact) mass is 304 g/mol. The molecule has 1 aromatic carbocycles. The molecule has 6 heteroatoms. The van der Waals surface area contributed by atoms with E-state index >= 15 is 0 Å². The van der Waals surface area contributed by atoms with Crippen LogP contribution in [0.5, 0.6) is 5.75 Å². The summed E-state index contributed by atoms with van der Waals surface area (Å²) in [7, 11) is 3.81. The average molecular weight is 304 g/mol. The lowest BCUT2D eigenvalue weighted by Gasteiger charge is -2.16. The fraction of sp³-hybridized carbons (Fsp3) is 0.600. The minimum Gasteiger partial charge on any atom is -0.493 e. The maximum atomic E-state index is 13.1. The fourth-order valence-corrected chi connectivity index (χ4v) is 1.99. The van der Waals surface area contributed by atoms with E-state index in [1.807, 2.05) is 19.0 Å². The van der Waals surface area contributed by atoms with Crippen molar-refractivity contribution in [3.8, 4) is 5.75 Å². The van der Waals surface area contributed by atoms with Crippen molar-refractivity contribution in [3.63, 3.8) is 0 Å². The van der Waals surface area contributed by atoms with E-state index in [0.717, 1.165) is 12.6 Å². The van der Waals surface area contributed by atoms with Gasteiger partial charge in [0, 0.05) is 12.6 Å². The van der Waals surface area contributed by atoms with Gasteiger partial charge in [-0.15, -0.1) is 0 Å². The maximum Gasteiger partial charge on any atom is 0.419 e. The van der Waals surface area contributed by atoms with Gasteiger partial charge in [0.15, 0.2) is 0 Å². The minimum absolute atomic E-state index is 0.116. The highest BCUT2D eigenvalue weighted by Gasteiger charge is 2.34. The molecule has 1 rings (SSSR count). The van der Waals surface area contributed by atoms with E-state index in [9.17, 15) is 13.2 Å². The Hall–Kier alpha value is -1.27. The SMILES string of the molecule is CC(N)Cc1ccc(OCCCN(C)C)c(C(F)(F)F)c1. The van der Waals surface area contributed by atoms with Gasteiger partial charge in [-0.1, -0.05) is 6.07 Å². The minimum atomic E-state index is -4.43. The number of hydrogen-bond donors (Lipinski definition) is 1. The van der Waals surface area contributed by atoms with Crippen LogP contribution >= 0.6 is 0 Å². The van der Waals surface area contributed by atoms with E-state index in [1.165, 1.54) is 6.07 Å². The number of nitrogens with two attached hydrogens (primary N) is 1. The van der Waals surface area contributed by atoms with Gasteiger partial charge in [-0.2, -0.15) is 13.2 Å². The highest BCUT2D eigenvalue weighted by Crippen LogP contribution is 2.37. The number of halogens is 3. The Morgan fingerprint density at radius 1 is 1.29 bits per heavy atom. The van der Waals surface area contributed by atoms with E-state index in [-0.39, 0.29) is 18.4 Å². The molecule has 0 fully saturated rings. The molecule has 3 nitrogen and oxygen atoms in total. The van der Waals surface area contributed by atoms with Crippen LogP contribution in [0.25, 0.3) is 0 Å². The van der Waals surface area contributed by atoms with Crippen LogP contribution in [-0.2, 0) is 12.6 Å². The molecular weight excluding hydrogens is 281 g/mol. The van der Waals surface area contributed by atoms with Crippen LogP contribution in [0, 0.1) is 0 Å². The molecule has 1 aromatic rings. The zero-order valence-electron chi connectivity index (χ0n) is 12.7. The molecule has 0 aliphatic rings. The largest absolute Gasteiger partial charge is 0.493 e. The first-order chi connectivity index (χ1) is 9.70. The van der Waals surface area contributed by atoms with Crippen LogP contribution in [0.15, 0.2) is 18.2 Å². The van der Waals surface area contributed by atoms with E-state index in [1.54, 1.807) is 13.0 Å². The average Bonchev–Trinajstić information content (AvgIpc) is 2.33. The highest BCUT2D eigenvalue weighted by molar-refractivity contribution is 5.39. The standard InChI is InChI=1S/C15H23F3N2O/c1-11(19)9-12-5-6-14(13(10-12)15(16,17)18)21-8-4-7-20(2)3/h5-6,10-11H,4,7-9,19H2,1-3H3. The van der Waals surface area contributed by atoms with Gasteiger partial charge in [0.25, 0.3) is 0 Å². The highest BCUT2D eigenvalue weighted by atomic mass is 19.4. The summed E-state index contributed by atoms with van der Waals surface area (Å²) in [5.41, 5.74) is 5.47. The van der Waals surface area contributed by atoms with Crippen molar-refractivity contribution in [2.24, 2.45) is 5.73 Å². The smallest absolute Gasteiger partial charge is 0.419 e. The first-order valence-corrected chi connectivity index (χ1v) is 6.93. The molecule has 21 heavy (non-hydrogen) atoms. The quantitative estimate of drug-likeness (QED) is 0.787. The maximum absolute atomic E-state index is 13.1. The zero-order chi connectivity index (χ0) is 16.0. The van der Waals surface area contributed by atoms with Gasteiger partial charge in [-0.25, -0.2) is 0 Å². The molecule has 0 aromatic heterocycles. The second-order valence-electron chi connectivity index (χ2n) is 5.51. The van der Waals surface area contributed by atoms with E-state index in [4.69, 9.17) is 10.5 Å². The molecule has 0 radical (unpaired) electrons. The predicted octanol–water partition coefficient (Wildman–Crippen LogP) is 2.93. The van der Waals surface area contributed by atoms with E-state index < -0.39 is 11.7 Å². The number of hydrogen-bond acceptors (Lipinski definition) is 3. The Labute approximate surface area is 123 Å². The second kappa shape index (κ2) is 7.66. The van der Waals surface area contributed by atoms with Gasteiger partial charge in [0.2, 0.25) is 0 Å². The normalized spacial score (nSPS) is 13.5. The van der Waals surface area contributed by atoms with Crippen LogP contribution in [0.2, 0.25) is 0 Å². The van der Waals surface area contributed by atoms with E-state index in [0.29, 0.717) is 18.4 Å². The number of nitrogens with zero attached hydrogens (tertiary/aromatic N) is 1. The summed E-state index contributed by atoms with van der Waals surface area (Å²) in [6.45, 7) is 2.79. The van der Waals surface area contributed by atoms with Crippen molar-refractivity contribution in [2.45, 2.75) is 32.0 Å². The molecule has 1 atom stereocenters. The summed E-state index contributed by atoms with van der Waals surface area (Å²) in [6.07, 6.45) is -3.35. The molecule has 0 heterocycles. The first-order valence-electron chi connectivity index (χ1n) is 6.93. The molecular formula is C15H23F3N2O. The second-order valence-corrected chi connectivity index (χ2v) is 5.51. The lowest BCUT2D eigenvalue weighted by atomic mass is 10.0. The summed E-state index contributed by atoms with van der Waals surface area (Å²) in [5.74, 6) is -0.116. The Bertz CT molecular complexity index is 445. The van der Waals surface area contributed by atoms with Crippen molar-refractivity contribution < 1.29 is 17.9 Å². The van der Waals surface area contributed by atoms with Crippen LogP contribution in [-0.4, -0.2) is 38.2 Å². The van der Waals surface area contributed by atoms with Crippen LogP contribution in [0.1, 0.15) is 24.5 Å². The predicted molar refractivity (Wildman–Crippen MR) is 77.5 cm³/mol. The molecule has 2 N–H and O–H groups in total. The molecule has 0 saturated heterocycles. The molecule has 120 valence electrons. The van der Waals surface area contributed by atoms with Gasteiger partial charge in [0.05, 0.1) is 12.2 Å². The zero-order valence-corrected chi connectivity index (χ0v) is 12.7. The van der Waals surface area contributed by atoms with E-state index in [2.05, 4.69) is 0 Å². The summed E-state index contributed by atoms with van der Waals surface area (Å²) < 4.78 is 44.5. The van der Waals surface area contributed by atoms with Crippen molar-refractivity contribution in [2.75, 3.05) is 27.2 Å². The summed E-state index contributed by atoms with van der Waals surface area (Å²) >= 11 is 0. The van der Waals surface area contributed by atoms with Crippen LogP contribution < -0.4 is 10.5 Å². The van der Waals surface area contributed by atoms with Gasteiger partial charge >= 0.3 is 6.18 Å². The lowest BCUT2D eigenvalue weighted by molar-refractivity contribution is -0.139. The summed E-state index contributed by atoms with van der Waals surface area (Å²) in [5, 5.41) is 0. The summed E-state index contributed by atoms with van der Waals surface area (Å²) in [4.78, 5) is 1.96. The van der Waals surface area contributed by atoms with Gasteiger partial charge in [0.1, 0.15) is 5.75 Å². The topological polar surface area (TPSA) is 38.5 Å². The molecule has 0 saturated carbocycles. The third kappa shape index (κ3) is 6.35. The summed E-state index contributed by atoms with van der Waals surface area (Å²) in [6, 6.07) is 3.97. The van der Waals surface area contributed by atoms with Crippen molar-refractivity contribution in [1.82, 2.24) is 4.90 Å². The van der Waals surface area contributed by atoms with Crippen LogP contribution in [0.3, 0.4) is 0 Å².